The lowest BCUT2D eigenvalue weighted by atomic mass is 10.0. The number of hydrogen-bond acceptors (Lipinski definition) is 0. The molecule has 0 nitrogen and oxygen atoms in total. The van der Waals surface area contributed by atoms with Gasteiger partial charge in [-0.05, 0) is 36.2 Å². The van der Waals surface area contributed by atoms with Crippen molar-refractivity contribution in [3.05, 3.63) is 70.2 Å². The molecule has 0 bridgehead atoms. The van der Waals surface area contributed by atoms with Crippen LogP contribution in [0.4, 0.5) is 8.78 Å². The maximum Gasteiger partial charge on any atom is 0.130 e. The van der Waals surface area contributed by atoms with E-state index >= 15 is 0 Å². The summed E-state index contributed by atoms with van der Waals surface area (Å²) in [7, 11) is 0. The predicted octanol–water partition coefficient (Wildman–Crippen LogP) is 5.14. The van der Waals surface area contributed by atoms with Gasteiger partial charge in [0.25, 0.3) is 0 Å². The highest BCUT2D eigenvalue weighted by Crippen LogP contribution is 2.29. The standard InChI is InChI=1S/C14H10Cl2F2/c15-10-4-1-3-9(7-10)8-11(16)14-12(17)5-2-6-13(14)18/h1-7,11H,8H2. The van der Waals surface area contributed by atoms with Crippen LogP contribution in [0.15, 0.2) is 42.5 Å². The molecule has 0 heterocycles. The number of hydrogen-bond donors (Lipinski definition) is 0. The second-order valence-electron chi connectivity index (χ2n) is 3.94. The fourth-order valence-electron chi connectivity index (χ4n) is 1.78. The van der Waals surface area contributed by atoms with Gasteiger partial charge < -0.3 is 0 Å². The minimum atomic E-state index is -0.760. The summed E-state index contributed by atoms with van der Waals surface area (Å²) < 4.78 is 27.1. The summed E-state index contributed by atoms with van der Waals surface area (Å²) in [6.07, 6.45) is 0.319. The Kier molecular flexibility index (Phi) is 4.20. The summed E-state index contributed by atoms with van der Waals surface area (Å²) in [5.41, 5.74) is 0.740. The molecule has 0 spiro atoms. The van der Waals surface area contributed by atoms with Gasteiger partial charge in [0.1, 0.15) is 11.6 Å². The van der Waals surface area contributed by atoms with Crippen LogP contribution in [0.3, 0.4) is 0 Å². The molecule has 0 amide bonds. The van der Waals surface area contributed by atoms with Crippen LogP contribution in [0, 0.1) is 11.6 Å². The van der Waals surface area contributed by atoms with Crippen LogP contribution in [-0.2, 0) is 6.42 Å². The van der Waals surface area contributed by atoms with Crippen LogP contribution < -0.4 is 0 Å². The lowest BCUT2D eigenvalue weighted by molar-refractivity contribution is 0.551. The van der Waals surface area contributed by atoms with Crippen LogP contribution in [-0.4, -0.2) is 0 Å². The Morgan fingerprint density at radius 3 is 2.22 bits per heavy atom. The van der Waals surface area contributed by atoms with Crippen molar-refractivity contribution in [3.63, 3.8) is 0 Å². The van der Waals surface area contributed by atoms with E-state index < -0.39 is 17.0 Å². The Morgan fingerprint density at radius 1 is 1.00 bits per heavy atom. The molecule has 0 saturated carbocycles. The van der Waals surface area contributed by atoms with Crippen molar-refractivity contribution in [1.82, 2.24) is 0 Å². The van der Waals surface area contributed by atoms with Crippen LogP contribution >= 0.6 is 23.2 Å². The smallest absolute Gasteiger partial charge is 0.130 e. The molecule has 0 saturated heterocycles. The molecule has 0 aromatic heterocycles. The fraction of sp³-hybridized carbons (Fsp3) is 0.143. The molecule has 1 atom stereocenters. The first kappa shape index (κ1) is 13.3. The summed E-state index contributed by atoms with van der Waals surface area (Å²) in [6.45, 7) is 0. The van der Waals surface area contributed by atoms with E-state index in [9.17, 15) is 8.78 Å². The molecule has 0 N–H and O–H groups in total. The molecule has 94 valence electrons. The number of benzene rings is 2. The molecule has 0 fully saturated rings. The van der Waals surface area contributed by atoms with E-state index in [1.165, 1.54) is 18.2 Å². The minimum absolute atomic E-state index is 0.0980. The normalized spacial score (nSPS) is 12.4. The zero-order chi connectivity index (χ0) is 13.1. The molecule has 2 aromatic rings. The van der Waals surface area contributed by atoms with Gasteiger partial charge >= 0.3 is 0 Å². The van der Waals surface area contributed by atoms with Gasteiger partial charge in [-0.2, -0.15) is 0 Å². The Balaban J connectivity index is 2.25. The largest absolute Gasteiger partial charge is 0.207 e. The third kappa shape index (κ3) is 3.01. The fourth-order valence-corrected chi connectivity index (χ4v) is 2.38. The summed E-state index contributed by atoms with van der Waals surface area (Å²) in [6, 6.07) is 10.8. The molecule has 18 heavy (non-hydrogen) atoms. The molecule has 0 radical (unpaired) electrons. The van der Waals surface area contributed by atoms with Crippen molar-refractivity contribution < 1.29 is 8.78 Å². The van der Waals surface area contributed by atoms with Gasteiger partial charge in [-0.25, -0.2) is 8.78 Å². The first-order valence-corrected chi connectivity index (χ1v) is 6.22. The summed E-state index contributed by atoms with van der Waals surface area (Å²) in [4.78, 5) is 0. The number of alkyl halides is 1. The van der Waals surface area contributed by atoms with Crippen LogP contribution in [0.1, 0.15) is 16.5 Å². The molecule has 0 aliphatic heterocycles. The van der Waals surface area contributed by atoms with Crippen molar-refractivity contribution in [2.24, 2.45) is 0 Å². The molecule has 4 heteroatoms. The highest BCUT2D eigenvalue weighted by atomic mass is 35.5. The first-order valence-electron chi connectivity index (χ1n) is 5.40. The monoisotopic (exact) mass is 286 g/mol. The quantitative estimate of drug-likeness (QED) is 0.685. The average molecular weight is 287 g/mol. The van der Waals surface area contributed by atoms with E-state index in [2.05, 4.69) is 0 Å². The Hall–Kier alpha value is -1.12. The predicted molar refractivity (Wildman–Crippen MR) is 70.1 cm³/mol. The maximum absolute atomic E-state index is 13.5. The highest BCUT2D eigenvalue weighted by molar-refractivity contribution is 6.30. The maximum atomic E-state index is 13.5. The third-order valence-corrected chi connectivity index (χ3v) is 3.22. The zero-order valence-corrected chi connectivity index (χ0v) is 10.8. The van der Waals surface area contributed by atoms with Crippen LogP contribution in [0.5, 0.6) is 0 Å². The van der Waals surface area contributed by atoms with Gasteiger partial charge in [0.05, 0.1) is 5.38 Å². The SMILES string of the molecule is Fc1cccc(F)c1C(Cl)Cc1cccc(Cl)c1. The van der Waals surface area contributed by atoms with Crippen molar-refractivity contribution in [3.8, 4) is 0 Å². The zero-order valence-electron chi connectivity index (χ0n) is 9.34. The summed E-state index contributed by atoms with van der Waals surface area (Å²) in [5, 5.41) is -0.185. The molecule has 1 unspecified atom stereocenters. The Bertz CT molecular complexity index is 535. The van der Waals surface area contributed by atoms with Crippen LogP contribution in [0.25, 0.3) is 0 Å². The summed E-state index contributed by atoms with van der Waals surface area (Å²) in [5.74, 6) is -1.26. The highest BCUT2D eigenvalue weighted by Gasteiger charge is 2.18. The minimum Gasteiger partial charge on any atom is -0.207 e. The van der Waals surface area contributed by atoms with Gasteiger partial charge in [-0.1, -0.05) is 29.8 Å². The second-order valence-corrected chi connectivity index (χ2v) is 4.90. The first-order chi connectivity index (χ1) is 8.58. The van der Waals surface area contributed by atoms with Crippen molar-refractivity contribution in [2.75, 3.05) is 0 Å². The van der Waals surface area contributed by atoms with Crippen molar-refractivity contribution in [1.29, 1.82) is 0 Å². The van der Waals surface area contributed by atoms with Crippen molar-refractivity contribution >= 4 is 23.2 Å². The van der Waals surface area contributed by atoms with E-state index in [-0.39, 0.29) is 5.56 Å². The van der Waals surface area contributed by atoms with E-state index in [1.807, 2.05) is 6.07 Å². The van der Waals surface area contributed by atoms with Gasteiger partial charge in [-0.3, -0.25) is 0 Å². The Morgan fingerprint density at radius 2 is 1.61 bits per heavy atom. The van der Waals surface area contributed by atoms with Gasteiger partial charge in [0.2, 0.25) is 0 Å². The lowest BCUT2D eigenvalue weighted by Crippen LogP contribution is -2.02. The lowest BCUT2D eigenvalue weighted by Gasteiger charge is -2.12. The Labute approximate surface area is 114 Å². The third-order valence-electron chi connectivity index (χ3n) is 2.62. The molecule has 2 rings (SSSR count). The second kappa shape index (κ2) is 5.68. The topological polar surface area (TPSA) is 0 Å². The summed E-state index contributed by atoms with van der Waals surface area (Å²) >= 11 is 11.9. The molecule has 0 aliphatic rings. The number of halogens is 4. The molecular weight excluding hydrogens is 277 g/mol. The number of rotatable bonds is 3. The molecule has 0 aliphatic carbocycles. The van der Waals surface area contributed by atoms with E-state index in [0.29, 0.717) is 11.4 Å². The van der Waals surface area contributed by atoms with Crippen LogP contribution in [0.2, 0.25) is 5.02 Å². The van der Waals surface area contributed by atoms with Gasteiger partial charge in [0.15, 0.2) is 0 Å². The van der Waals surface area contributed by atoms with Gasteiger partial charge in [0, 0.05) is 10.6 Å². The average Bonchev–Trinajstić information content (AvgIpc) is 2.28. The van der Waals surface area contributed by atoms with E-state index in [4.69, 9.17) is 23.2 Å². The van der Waals surface area contributed by atoms with E-state index in [0.717, 1.165) is 5.56 Å². The van der Waals surface area contributed by atoms with E-state index in [1.54, 1.807) is 18.2 Å². The molecule has 2 aromatic carbocycles. The van der Waals surface area contributed by atoms with Crippen molar-refractivity contribution in [2.45, 2.75) is 11.8 Å². The molecular formula is C14H10Cl2F2. The van der Waals surface area contributed by atoms with Gasteiger partial charge in [-0.15, -0.1) is 11.6 Å².